The van der Waals surface area contributed by atoms with Crippen LogP contribution in [0.25, 0.3) is 0 Å². The van der Waals surface area contributed by atoms with E-state index in [4.69, 9.17) is 9.15 Å². The van der Waals surface area contributed by atoms with Gasteiger partial charge in [-0.25, -0.2) is 0 Å². The number of hydrogen-bond acceptors (Lipinski definition) is 5. The van der Waals surface area contributed by atoms with Gasteiger partial charge in [0.05, 0.1) is 37.7 Å². The fourth-order valence-electron chi connectivity index (χ4n) is 4.15. The second kappa shape index (κ2) is 9.91. The maximum Gasteiger partial charge on any atom is 0.237 e. The molecule has 2 aliphatic heterocycles. The van der Waals surface area contributed by atoms with E-state index in [1.165, 1.54) is 0 Å². The number of piperidine rings is 1. The Labute approximate surface area is 177 Å². The number of carbonyl (C=O) groups is 2. The average molecular weight is 412 g/mol. The largest absolute Gasteiger partial charge is 0.472 e. The number of hydrogen-bond donors (Lipinski definition) is 1. The number of nitrogens with one attached hydrogen (secondary N) is 1. The molecule has 7 nitrogen and oxygen atoms in total. The lowest BCUT2D eigenvalue weighted by molar-refractivity contribution is -0.140. The van der Waals surface area contributed by atoms with Crippen LogP contribution in [0.5, 0.6) is 0 Å². The number of benzene rings is 1. The van der Waals surface area contributed by atoms with Crippen LogP contribution in [0.4, 0.5) is 0 Å². The van der Waals surface area contributed by atoms with Gasteiger partial charge in [-0.1, -0.05) is 30.3 Å². The van der Waals surface area contributed by atoms with Crippen molar-refractivity contribution in [2.24, 2.45) is 0 Å². The van der Waals surface area contributed by atoms with Crippen LogP contribution in [-0.2, 0) is 27.5 Å². The molecule has 2 saturated heterocycles. The van der Waals surface area contributed by atoms with Gasteiger partial charge in [0.2, 0.25) is 11.8 Å². The van der Waals surface area contributed by atoms with E-state index in [0.29, 0.717) is 32.8 Å². The van der Waals surface area contributed by atoms with Crippen molar-refractivity contribution < 1.29 is 18.7 Å². The maximum absolute atomic E-state index is 12.9. The Bertz CT molecular complexity index is 816. The summed E-state index contributed by atoms with van der Waals surface area (Å²) < 4.78 is 11.2. The van der Waals surface area contributed by atoms with E-state index in [1.54, 1.807) is 12.5 Å². The number of amides is 2. The van der Waals surface area contributed by atoms with Crippen molar-refractivity contribution in [2.75, 3.05) is 26.2 Å². The molecule has 0 aliphatic carbocycles. The van der Waals surface area contributed by atoms with Crippen molar-refractivity contribution >= 4 is 11.8 Å². The molecule has 7 heteroatoms. The molecule has 1 aromatic carbocycles. The lowest BCUT2D eigenvalue weighted by Crippen LogP contribution is -2.56. The van der Waals surface area contributed by atoms with Crippen molar-refractivity contribution in [2.45, 2.75) is 44.6 Å². The quantitative estimate of drug-likeness (QED) is 0.756. The van der Waals surface area contributed by atoms with Crippen molar-refractivity contribution in [1.29, 1.82) is 0 Å². The zero-order valence-electron chi connectivity index (χ0n) is 17.2. The lowest BCUT2D eigenvalue weighted by Gasteiger charge is -2.37. The van der Waals surface area contributed by atoms with Gasteiger partial charge in [-0.2, -0.15) is 0 Å². The molecule has 2 aromatic rings. The smallest absolute Gasteiger partial charge is 0.237 e. The summed E-state index contributed by atoms with van der Waals surface area (Å²) in [4.78, 5) is 29.3. The van der Waals surface area contributed by atoms with E-state index < -0.39 is 6.04 Å². The molecular weight excluding hydrogens is 382 g/mol. The monoisotopic (exact) mass is 411 g/mol. The lowest BCUT2D eigenvalue weighted by atomic mass is 10.0. The number of ether oxygens (including phenoxy) is 1. The first-order valence-corrected chi connectivity index (χ1v) is 10.6. The van der Waals surface area contributed by atoms with Crippen LogP contribution in [0.3, 0.4) is 0 Å². The highest BCUT2D eigenvalue weighted by Crippen LogP contribution is 2.19. The summed E-state index contributed by atoms with van der Waals surface area (Å²) in [6, 6.07) is 11.6. The van der Waals surface area contributed by atoms with E-state index in [0.717, 1.165) is 30.5 Å². The van der Waals surface area contributed by atoms with Gasteiger partial charge in [0.15, 0.2) is 0 Å². The van der Waals surface area contributed by atoms with E-state index in [9.17, 15) is 9.59 Å². The molecule has 1 N–H and O–H groups in total. The Balaban J connectivity index is 1.26. The topological polar surface area (TPSA) is 75.0 Å². The van der Waals surface area contributed by atoms with Crippen LogP contribution < -0.4 is 5.32 Å². The van der Waals surface area contributed by atoms with Crippen molar-refractivity contribution in [1.82, 2.24) is 15.1 Å². The SMILES string of the molecule is O=C1NCCN(Cc2ccoc2)C1CC(=O)N1CCC(OCc2ccccc2)CC1. The number of piperazine rings is 1. The van der Waals surface area contributed by atoms with E-state index >= 15 is 0 Å². The Morgan fingerprint density at radius 3 is 2.63 bits per heavy atom. The maximum atomic E-state index is 12.9. The zero-order chi connectivity index (χ0) is 20.8. The summed E-state index contributed by atoms with van der Waals surface area (Å²) in [5, 5.41) is 2.89. The summed E-state index contributed by atoms with van der Waals surface area (Å²) in [6.07, 6.45) is 5.35. The number of carbonyl (C=O) groups excluding carboxylic acids is 2. The van der Waals surface area contributed by atoms with Gasteiger partial charge in [-0.15, -0.1) is 0 Å². The molecular formula is C23H29N3O4. The molecule has 0 radical (unpaired) electrons. The van der Waals surface area contributed by atoms with Crippen LogP contribution in [0.15, 0.2) is 53.3 Å². The van der Waals surface area contributed by atoms with Gasteiger partial charge in [0, 0.05) is 38.3 Å². The molecule has 30 heavy (non-hydrogen) atoms. The molecule has 0 bridgehead atoms. The van der Waals surface area contributed by atoms with Crippen LogP contribution >= 0.6 is 0 Å². The third kappa shape index (κ3) is 5.29. The second-order valence-electron chi connectivity index (χ2n) is 7.99. The number of furan rings is 1. The van der Waals surface area contributed by atoms with Crippen LogP contribution in [0, 0.1) is 0 Å². The number of likely N-dealkylation sites (tertiary alicyclic amines) is 1. The third-order valence-corrected chi connectivity index (χ3v) is 5.90. The van der Waals surface area contributed by atoms with E-state index in [2.05, 4.69) is 22.3 Å². The standard InChI is InChI=1S/C23H29N3O4/c27-22(14-21-23(28)24-9-12-26(21)15-19-8-13-29-16-19)25-10-6-20(7-11-25)30-17-18-4-2-1-3-5-18/h1-5,8,13,16,20-21H,6-7,9-12,14-15,17H2,(H,24,28). The molecule has 4 rings (SSSR count). The highest BCUT2D eigenvalue weighted by Gasteiger charge is 2.34. The molecule has 0 saturated carbocycles. The van der Waals surface area contributed by atoms with E-state index in [1.807, 2.05) is 29.2 Å². The fraction of sp³-hybridized carbons (Fsp3) is 0.478. The predicted octanol–water partition coefficient (Wildman–Crippen LogP) is 2.18. The predicted molar refractivity (Wildman–Crippen MR) is 111 cm³/mol. The highest BCUT2D eigenvalue weighted by molar-refractivity contribution is 5.88. The molecule has 1 aromatic heterocycles. The van der Waals surface area contributed by atoms with Gasteiger partial charge in [0.25, 0.3) is 0 Å². The first kappa shape index (κ1) is 20.6. The van der Waals surface area contributed by atoms with Gasteiger partial charge < -0.3 is 19.4 Å². The summed E-state index contributed by atoms with van der Waals surface area (Å²) in [5.41, 5.74) is 2.18. The molecule has 2 fully saturated rings. The van der Waals surface area contributed by atoms with Gasteiger partial charge in [-0.3, -0.25) is 14.5 Å². The van der Waals surface area contributed by atoms with Gasteiger partial charge in [-0.05, 0) is 24.5 Å². The molecule has 1 atom stereocenters. The normalized spacial score (nSPS) is 20.9. The van der Waals surface area contributed by atoms with Crippen molar-refractivity contribution in [3.05, 3.63) is 60.1 Å². The fourth-order valence-corrected chi connectivity index (χ4v) is 4.15. The molecule has 1 unspecified atom stereocenters. The van der Waals surface area contributed by atoms with E-state index in [-0.39, 0.29) is 24.3 Å². The Hall–Kier alpha value is -2.64. The summed E-state index contributed by atoms with van der Waals surface area (Å²) >= 11 is 0. The number of nitrogens with zero attached hydrogens (tertiary/aromatic N) is 2. The minimum Gasteiger partial charge on any atom is -0.472 e. The third-order valence-electron chi connectivity index (χ3n) is 5.90. The number of rotatable bonds is 7. The zero-order valence-corrected chi connectivity index (χ0v) is 17.2. The van der Waals surface area contributed by atoms with Gasteiger partial charge in [0.1, 0.15) is 0 Å². The van der Waals surface area contributed by atoms with Gasteiger partial charge >= 0.3 is 0 Å². The molecule has 2 aliphatic rings. The highest BCUT2D eigenvalue weighted by atomic mass is 16.5. The van der Waals surface area contributed by atoms with Crippen LogP contribution in [0.2, 0.25) is 0 Å². The molecule has 0 spiro atoms. The Kier molecular flexibility index (Phi) is 6.81. The minimum atomic E-state index is -0.437. The summed E-state index contributed by atoms with van der Waals surface area (Å²) in [7, 11) is 0. The Morgan fingerprint density at radius 2 is 1.90 bits per heavy atom. The van der Waals surface area contributed by atoms with Crippen LogP contribution in [-0.4, -0.2) is 59.9 Å². The van der Waals surface area contributed by atoms with Crippen molar-refractivity contribution in [3.63, 3.8) is 0 Å². The average Bonchev–Trinajstić information content (AvgIpc) is 3.29. The molecule has 160 valence electrons. The summed E-state index contributed by atoms with van der Waals surface area (Å²) in [6.45, 7) is 3.89. The Morgan fingerprint density at radius 1 is 1.10 bits per heavy atom. The first-order chi connectivity index (χ1) is 14.7. The second-order valence-corrected chi connectivity index (χ2v) is 7.99. The summed E-state index contributed by atoms with van der Waals surface area (Å²) in [5.74, 6) is -0.0325. The molecule has 3 heterocycles. The molecule has 2 amide bonds. The van der Waals surface area contributed by atoms with Crippen molar-refractivity contribution in [3.8, 4) is 0 Å². The first-order valence-electron chi connectivity index (χ1n) is 10.6. The minimum absolute atomic E-state index is 0.0377. The van der Waals surface area contributed by atoms with Crippen LogP contribution in [0.1, 0.15) is 30.4 Å².